The summed E-state index contributed by atoms with van der Waals surface area (Å²) < 4.78 is 9.32. The fourth-order valence-corrected chi connectivity index (χ4v) is 3.00. The molecule has 0 radical (unpaired) electrons. The summed E-state index contributed by atoms with van der Waals surface area (Å²) >= 11 is 0. The molecule has 2 aromatic heterocycles. The maximum Gasteiger partial charge on any atom is 0.412 e. The first kappa shape index (κ1) is 21.1. The highest BCUT2D eigenvalue weighted by atomic mass is 16.6. The summed E-state index contributed by atoms with van der Waals surface area (Å²) in [5.41, 5.74) is 0.669. The highest BCUT2D eigenvalue weighted by Gasteiger charge is 2.17. The van der Waals surface area contributed by atoms with Gasteiger partial charge in [-0.05, 0) is 44.5 Å². The van der Waals surface area contributed by atoms with Crippen LogP contribution in [-0.4, -0.2) is 30.4 Å². The molecule has 1 amide bonds. The van der Waals surface area contributed by atoms with Crippen LogP contribution in [0.3, 0.4) is 0 Å². The first-order valence-electron chi connectivity index (χ1n) is 9.38. The number of amides is 1. The third-order valence-corrected chi connectivity index (χ3v) is 4.47. The summed E-state index contributed by atoms with van der Waals surface area (Å²) in [4.78, 5) is 41.0. The van der Waals surface area contributed by atoms with Crippen molar-refractivity contribution in [1.29, 1.82) is 0 Å². The van der Waals surface area contributed by atoms with E-state index in [1.54, 1.807) is 63.7 Å². The van der Waals surface area contributed by atoms with E-state index in [0.717, 1.165) is 10.1 Å². The normalized spacial score (nSPS) is 11.9. The Hall–Kier alpha value is -3.62. The van der Waals surface area contributed by atoms with E-state index in [1.165, 1.54) is 11.6 Å². The topological polar surface area (TPSA) is 100 Å². The number of anilines is 1. The number of nitrogens with one attached hydrogen (secondary N) is 1. The number of carbonyl (C=O) groups excluding carboxylic acids is 1. The van der Waals surface area contributed by atoms with Crippen LogP contribution in [0.2, 0.25) is 0 Å². The Morgan fingerprint density at radius 1 is 1.07 bits per heavy atom. The molecular formula is C21H25N5O4. The van der Waals surface area contributed by atoms with Crippen molar-refractivity contribution in [2.24, 2.45) is 21.1 Å². The number of hydrogen-bond donors (Lipinski definition) is 1. The van der Waals surface area contributed by atoms with Crippen LogP contribution < -0.4 is 16.6 Å². The van der Waals surface area contributed by atoms with Crippen LogP contribution in [0.5, 0.6) is 0 Å². The Bertz CT molecular complexity index is 1270. The van der Waals surface area contributed by atoms with E-state index in [4.69, 9.17) is 4.74 Å². The lowest BCUT2D eigenvalue weighted by Crippen LogP contribution is -2.37. The van der Waals surface area contributed by atoms with E-state index in [2.05, 4.69) is 10.3 Å². The molecule has 2 heterocycles. The number of imidazole rings is 1. The second-order valence-electron chi connectivity index (χ2n) is 7.99. The highest BCUT2D eigenvalue weighted by Crippen LogP contribution is 2.17. The molecule has 0 aliphatic heterocycles. The van der Waals surface area contributed by atoms with Gasteiger partial charge >= 0.3 is 11.8 Å². The SMILES string of the molecule is Cn1c(=O)c2c(nc(C=Cc3cccc(NC(=O)OC(C)(C)C)c3)n2C)n(C)c1=O. The van der Waals surface area contributed by atoms with Crippen LogP contribution in [0.4, 0.5) is 10.5 Å². The second kappa shape index (κ2) is 7.66. The first-order valence-corrected chi connectivity index (χ1v) is 9.38. The molecule has 0 saturated heterocycles. The Morgan fingerprint density at radius 3 is 2.43 bits per heavy atom. The van der Waals surface area contributed by atoms with E-state index in [-0.39, 0.29) is 0 Å². The molecule has 0 atom stereocenters. The van der Waals surface area contributed by atoms with Gasteiger partial charge in [-0.25, -0.2) is 14.6 Å². The van der Waals surface area contributed by atoms with Crippen LogP contribution in [0.25, 0.3) is 23.3 Å². The molecule has 0 fully saturated rings. The van der Waals surface area contributed by atoms with Gasteiger partial charge in [-0.15, -0.1) is 0 Å². The molecule has 9 heteroatoms. The molecular weight excluding hydrogens is 386 g/mol. The van der Waals surface area contributed by atoms with E-state index in [0.29, 0.717) is 22.7 Å². The summed E-state index contributed by atoms with van der Waals surface area (Å²) in [6, 6.07) is 7.22. The van der Waals surface area contributed by atoms with E-state index in [9.17, 15) is 14.4 Å². The minimum atomic E-state index is -0.584. The fourth-order valence-electron chi connectivity index (χ4n) is 3.00. The molecule has 0 spiro atoms. The highest BCUT2D eigenvalue weighted by molar-refractivity contribution is 5.86. The number of fused-ring (bicyclic) bond motifs is 1. The number of nitrogens with zero attached hydrogens (tertiary/aromatic N) is 4. The fraction of sp³-hybridized carbons (Fsp3) is 0.333. The zero-order valence-corrected chi connectivity index (χ0v) is 17.9. The maximum atomic E-state index is 12.5. The van der Waals surface area contributed by atoms with Gasteiger partial charge in [0.05, 0.1) is 0 Å². The summed E-state index contributed by atoms with van der Waals surface area (Å²) in [6.45, 7) is 5.39. The standard InChI is InChI=1S/C21H25N5O4/c1-21(2,3)30-19(28)22-14-9-7-8-13(12-14)10-11-15-23-17-16(24(15)4)18(27)26(6)20(29)25(17)5/h7-12H,1-6H3,(H,22,28). The first-order chi connectivity index (χ1) is 14.0. The quantitative estimate of drug-likeness (QED) is 0.714. The molecule has 3 aromatic rings. The smallest absolute Gasteiger partial charge is 0.412 e. The lowest BCUT2D eigenvalue weighted by molar-refractivity contribution is 0.0636. The van der Waals surface area contributed by atoms with Crippen LogP contribution in [0, 0.1) is 0 Å². The third kappa shape index (κ3) is 4.19. The van der Waals surface area contributed by atoms with Gasteiger partial charge in [-0.3, -0.25) is 19.2 Å². The summed E-state index contributed by atoms with van der Waals surface area (Å²) in [6.07, 6.45) is 3.02. The Labute approximate surface area is 173 Å². The Kier molecular flexibility index (Phi) is 5.39. The minimum Gasteiger partial charge on any atom is -0.444 e. The lowest BCUT2D eigenvalue weighted by Gasteiger charge is -2.19. The molecule has 0 unspecified atom stereocenters. The lowest BCUT2D eigenvalue weighted by atomic mass is 10.2. The zero-order valence-electron chi connectivity index (χ0n) is 17.9. The van der Waals surface area contributed by atoms with Crippen molar-refractivity contribution in [3.8, 4) is 0 Å². The van der Waals surface area contributed by atoms with Gasteiger partial charge < -0.3 is 9.30 Å². The second-order valence-corrected chi connectivity index (χ2v) is 7.99. The summed E-state index contributed by atoms with van der Waals surface area (Å²) in [7, 11) is 4.74. The van der Waals surface area contributed by atoms with Crippen molar-refractivity contribution in [3.63, 3.8) is 0 Å². The number of benzene rings is 1. The summed E-state index contributed by atoms with van der Waals surface area (Å²) in [5.74, 6) is 0.522. The van der Waals surface area contributed by atoms with Gasteiger partial charge in [-0.2, -0.15) is 0 Å². The van der Waals surface area contributed by atoms with Crippen LogP contribution in [0.1, 0.15) is 32.2 Å². The number of carbonyl (C=O) groups is 1. The maximum absolute atomic E-state index is 12.5. The van der Waals surface area contributed by atoms with Crippen LogP contribution in [0.15, 0.2) is 33.9 Å². The minimum absolute atomic E-state index is 0.325. The average molecular weight is 411 g/mol. The molecule has 9 nitrogen and oxygen atoms in total. The van der Waals surface area contributed by atoms with Gasteiger partial charge in [-0.1, -0.05) is 18.2 Å². The molecule has 0 saturated carbocycles. The predicted octanol–water partition coefficient (Wildman–Crippen LogP) is 2.49. The molecule has 158 valence electrons. The van der Waals surface area contributed by atoms with E-state index < -0.39 is 22.9 Å². The monoisotopic (exact) mass is 411 g/mol. The molecule has 1 N–H and O–H groups in total. The van der Waals surface area contributed by atoms with Crippen LogP contribution >= 0.6 is 0 Å². The Balaban J connectivity index is 1.91. The largest absolute Gasteiger partial charge is 0.444 e. The molecule has 0 aliphatic carbocycles. The third-order valence-electron chi connectivity index (χ3n) is 4.47. The molecule has 30 heavy (non-hydrogen) atoms. The number of ether oxygens (including phenoxy) is 1. The van der Waals surface area contributed by atoms with Crippen molar-refractivity contribution >= 4 is 35.1 Å². The van der Waals surface area contributed by atoms with Crippen molar-refractivity contribution < 1.29 is 9.53 Å². The molecule has 3 rings (SSSR count). The zero-order chi connectivity index (χ0) is 22.2. The predicted molar refractivity (Wildman–Crippen MR) is 116 cm³/mol. The van der Waals surface area contributed by atoms with Crippen molar-refractivity contribution in [3.05, 3.63) is 56.5 Å². The van der Waals surface area contributed by atoms with Gasteiger partial charge in [0.1, 0.15) is 11.4 Å². The van der Waals surface area contributed by atoms with Crippen molar-refractivity contribution in [2.45, 2.75) is 26.4 Å². The van der Waals surface area contributed by atoms with Gasteiger partial charge in [0.15, 0.2) is 11.2 Å². The number of hydrogen-bond acceptors (Lipinski definition) is 5. The van der Waals surface area contributed by atoms with Crippen LogP contribution in [-0.2, 0) is 25.9 Å². The summed E-state index contributed by atoms with van der Waals surface area (Å²) in [5, 5.41) is 2.70. The van der Waals surface area contributed by atoms with E-state index >= 15 is 0 Å². The molecule has 0 aliphatic rings. The number of aromatic nitrogens is 4. The number of rotatable bonds is 3. The molecule has 0 bridgehead atoms. The number of aryl methyl sites for hydroxylation is 2. The van der Waals surface area contributed by atoms with Gasteiger partial charge in [0.25, 0.3) is 5.56 Å². The Morgan fingerprint density at radius 2 is 1.77 bits per heavy atom. The average Bonchev–Trinajstić information content (AvgIpc) is 2.98. The van der Waals surface area contributed by atoms with Crippen molar-refractivity contribution in [1.82, 2.24) is 18.7 Å². The van der Waals surface area contributed by atoms with Crippen molar-refractivity contribution in [2.75, 3.05) is 5.32 Å². The van der Waals surface area contributed by atoms with Gasteiger partial charge in [0.2, 0.25) is 0 Å². The van der Waals surface area contributed by atoms with Gasteiger partial charge in [0, 0.05) is 26.8 Å². The van der Waals surface area contributed by atoms with E-state index in [1.807, 2.05) is 12.1 Å². The molecule has 1 aromatic carbocycles.